The molecule has 0 aliphatic rings. The van der Waals surface area contributed by atoms with E-state index in [1.54, 1.807) is 18.2 Å². The number of alkyl halides is 3. The van der Waals surface area contributed by atoms with Gasteiger partial charge >= 0.3 is 6.18 Å². The third kappa shape index (κ3) is 1.84. The number of fused-ring (bicyclic) bond motifs is 1. The van der Waals surface area contributed by atoms with Gasteiger partial charge in [0.15, 0.2) is 0 Å². The molecular weight excluding hydrogens is 271 g/mol. The number of rotatable bonds is 0. The van der Waals surface area contributed by atoms with Crippen LogP contribution < -0.4 is 0 Å². The minimum absolute atomic E-state index is 0.159. The number of pyridine rings is 1. The Balaban J connectivity index is 2.84. The van der Waals surface area contributed by atoms with Gasteiger partial charge in [0, 0.05) is 11.6 Å². The summed E-state index contributed by atoms with van der Waals surface area (Å²) in [6, 6.07) is 6.28. The molecule has 2 aromatic rings. The largest absolute Gasteiger partial charge is 0.418 e. The van der Waals surface area contributed by atoms with Gasteiger partial charge in [-0.05, 0) is 21.3 Å². The van der Waals surface area contributed by atoms with E-state index in [0.717, 1.165) is 6.20 Å². The normalized spacial score (nSPS) is 12.0. The second-order valence-electron chi connectivity index (χ2n) is 3.01. The van der Waals surface area contributed by atoms with Crippen molar-refractivity contribution in [2.24, 2.45) is 0 Å². The standard InChI is InChI=1S/C10H5BrF3N/c11-9-7-4-2-1-3-6(7)8(5-15-9)10(12,13)14/h1-5H. The van der Waals surface area contributed by atoms with Crippen LogP contribution in [0.3, 0.4) is 0 Å². The molecule has 1 heterocycles. The molecule has 0 saturated carbocycles. The Bertz CT molecular complexity index is 507. The lowest BCUT2D eigenvalue weighted by atomic mass is 10.1. The van der Waals surface area contributed by atoms with Gasteiger partial charge in [0.05, 0.1) is 5.56 Å². The lowest BCUT2D eigenvalue weighted by Gasteiger charge is -2.10. The molecule has 78 valence electrons. The summed E-state index contributed by atoms with van der Waals surface area (Å²) >= 11 is 3.12. The highest BCUT2D eigenvalue weighted by Gasteiger charge is 2.33. The van der Waals surface area contributed by atoms with Gasteiger partial charge in [-0.25, -0.2) is 4.98 Å². The molecule has 1 aromatic carbocycles. The van der Waals surface area contributed by atoms with E-state index < -0.39 is 11.7 Å². The Labute approximate surface area is 92.1 Å². The fourth-order valence-electron chi connectivity index (χ4n) is 1.38. The van der Waals surface area contributed by atoms with Crippen molar-refractivity contribution in [2.75, 3.05) is 0 Å². The molecule has 0 aliphatic heterocycles. The smallest absolute Gasteiger partial charge is 0.248 e. The van der Waals surface area contributed by atoms with Crippen molar-refractivity contribution in [1.29, 1.82) is 0 Å². The molecule has 0 aliphatic carbocycles. The van der Waals surface area contributed by atoms with Gasteiger partial charge in [0.1, 0.15) is 4.60 Å². The van der Waals surface area contributed by atoms with Crippen LogP contribution in [0.1, 0.15) is 5.56 Å². The number of halogens is 4. The maximum absolute atomic E-state index is 12.6. The molecule has 2 rings (SSSR count). The van der Waals surface area contributed by atoms with E-state index in [1.165, 1.54) is 6.07 Å². The molecule has 0 atom stereocenters. The highest BCUT2D eigenvalue weighted by molar-refractivity contribution is 9.10. The van der Waals surface area contributed by atoms with Crippen molar-refractivity contribution >= 4 is 26.7 Å². The fourth-order valence-corrected chi connectivity index (χ4v) is 1.83. The molecule has 1 nitrogen and oxygen atoms in total. The maximum Gasteiger partial charge on any atom is 0.418 e. The SMILES string of the molecule is FC(F)(F)c1cnc(Br)c2ccccc12. The van der Waals surface area contributed by atoms with Crippen LogP contribution in [0.15, 0.2) is 35.1 Å². The highest BCUT2D eigenvalue weighted by atomic mass is 79.9. The Morgan fingerprint density at radius 3 is 2.27 bits per heavy atom. The number of nitrogens with zero attached hydrogens (tertiary/aromatic N) is 1. The summed E-state index contributed by atoms with van der Waals surface area (Å²) in [4.78, 5) is 3.67. The zero-order valence-corrected chi connectivity index (χ0v) is 8.93. The molecule has 1 aromatic heterocycles. The molecule has 0 spiro atoms. The molecule has 0 N–H and O–H groups in total. The summed E-state index contributed by atoms with van der Waals surface area (Å²) in [6.07, 6.45) is -3.53. The van der Waals surface area contributed by atoms with Crippen LogP contribution >= 0.6 is 15.9 Å². The molecule has 5 heteroatoms. The Kier molecular flexibility index (Phi) is 2.42. The van der Waals surface area contributed by atoms with Crippen LogP contribution in [0.25, 0.3) is 10.8 Å². The molecule has 0 saturated heterocycles. The number of benzene rings is 1. The summed E-state index contributed by atoms with van der Waals surface area (Å²) in [6.45, 7) is 0. The topological polar surface area (TPSA) is 12.9 Å². The zero-order valence-electron chi connectivity index (χ0n) is 7.35. The number of aromatic nitrogens is 1. The van der Waals surface area contributed by atoms with E-state index in [-0.39, 0.29) is 5.39 Å². The van der Waals surface area contributed by atoms with Crippen LogP contribution in [-0.4, -0.2) is 4.98 Å². The minimum atomic E-state index is -4.37. The van der Waals surface area contributed by atoms with Crippen LogP contribution in [0.2, 0.25) is 0 Å². The van der Waals surface area contributed by atoms with Crippen LogP contribution in [-0.2, 0) is 6.18 Å². The van der Waals surface area contributed by atoms with Gasteiger partial charge in [0.2, 0.25) is 0 Å². The Hall–Kier alpha value is -1.10. The van der Waals surface area contributed by atoms with E-state index in [9.17, 15) is 13.2 Å². The molecule has 0 unspecified atom stereocenters. The predicted octanol–water partition coefficient (Wildman–Crippen LogP) is 4.02. The average Bonchev–Trinajstić information content (AvgIpc) is 2.17. The second-order valence-corrected chi connectivity index (χ2v) is 3.76. The average molecular weight is 276 g/mol. The van der Waals surface area contributed by atoms with Gasteiger partial charge in [-0.2, -0.15) is 13.2 Å². The van der Waals surface area contributed by atoms with E-state index >= 15 is 0 Å². The minimum Gasteiger partial charge on any atom is -0.248 e. The van der Waals surface area contributed by atoms with E-state index in [2.05, 4.69) is 20.9 Å². The van der Waals surface area contributed by atoms with Crippen LogP contribution in [0, 0.1) is 0 Å². The first-order valence-electron chi connectivity index (χ1n) is 4.10. The van der Waals surface area contributed by atoms with E-state index in [1.807, 2.05) is 0 Å². The van der Waals surface area contributed by atoms with Gasteiger partial charge in [-0.1, -0.05) is 24.3 Å². The molecule has 15 heavy (non-hydrogen) atoms. The van der Waals surface area contributed by atoms with Crippen molar-refractivity contribution in [3.05, 3.63) is 40.6 Å². The van der Waals surface area contributed by atoms with E-state index in [4.69, 9.17) is 0 Å². The van der Waals surface area contributed by atoms with Gasteiger partial charge < -0.3 is 0 Å². The summed E-state index contributed by atoms with van der Waals surface area (Å²) in [5, 5.41) is 0.624. The molecule has 0 amide bonds. The van der Waals surface area contributed by atoms with E-state index in [0.29, 0.717) is 9.99 Å². The third-order valence-electron chi connectivity index (χ3n) is 2.05. The predicted molar refractivity (Wildman–Crippen MR) is 54.4 cm³/mol. The fraction of sp³-hybridized carbons (Fsp3) is 0.100. The number of hydrogen-bond donors (Lipinski definition) is 0. The molecule has 0 radical (unpaired) electrons. The van der Waals surface area contributed by atoms with Gasteiger partial charge in [-0.15, -0.1) is 0 Å². The Morgan fingerprint density at radius 1 is 1.07 bits per heavy atom. The monoisotopic (exact) mass is 275 g/mol. The molecular formula is C10H5BrF3N. The molecule has 0 fully saturated rings. The quantitative estimate of drug-likeness (QED) is 0.662. The van der Waals surface area contributed by atoms with Gasteiger partial charge in [-0.3, -0.25) is 0 Å². The van der Waals surface area contributed by atoms with Crippen molar-refractivity contribution in [2.45, 2.75) is 6.18 Å². The van der Waals surface area contributed by atoms with Crippen LogP contribution in [0.5, 0.6) is 0 Å². The highest BCUT2D eigenvalue weighted by Crippen LogP contribution is 2.35. The van der Waals surface area contributed by atoms with Crippen molar-refractivity contribution in [3.63, 3.8) is 0 Å². The summed E-state index contributed by atoms with van der Waals surface area (Å²) in [5.41, 5.74) is -0.707. The lowest BCUT2D eigenvalue weighted by Crippen LogP contribution is -2.06. The Morgan fingerprint density at radius 2 is 1.67 bits per heavy atom. The summed E-state index contributed by atoms with van der Waals surface area (Å²) in [7, 11) is 0. The molecule has 0 bridgehead atoms. The maximum atomic E-state index is 12.6. The van der Waals surface area contributed by atoms with Gasteiger partial charge in [0.25, 0.3) is 0 Å². The summed E-state index contributed by atoms with van der Waals surface area (Å²) < 4.78 is 38.2. The number of hydrogen-bond acceptors (Lipinski definition) is 1. The van der Waals surface area contributed by atoms with Crippen molar-refractivity contribution < 1.29 is 13.2 Å². The first kappa shape index (κ1) is 10.4. The first-order chi connectivity index (χ1) is 7.00. The second kappa shape index (κ2) is 3.48. The lowest BCUT2D eigenvalue weighted by molar-refractivity contribution is -0.136. The first-order valence-corrected chi connectivity index (χ1v) is 4.90. The van der Waals surface area contributed by atoms with Crippen LogP contribution in [0.4, 0.5) is 13.2 Å². The van der Waals surface area contributed by atoms with Crippen molar-refractivity contribution in [3.8, 4) is 0 Å². The van der Waals surface area contributed by atoms with Crippen molar-refractivity contribution in [1.82, 2.24) is 4.98 Å². The zero-order chi connectivity index (χ0) is 11.1. The third-order valence-corrected chi connectivity index (χ3v) is 2.68. The summed E-state index contributed by atoms with van der Waals surface area (Å²) in [5.74, 6) is 0.